The number of amides is 2. The van der Waals surface area contributed by atoms with Crippen LogP contribution in [0.5, 0.6) is 0 Å². The zero-order chi connectivity index (χ0) is 19.2. The maximum absolute atomic E-state index is 12.3. The molecule has 2 heterocycles. The lowest BCUT2D eigenvalue weighted by atomic mass is 10.1. The number of likely N-dealkylation sites (tertiary alicyclic amines) is 1. The van der Waals surface area contributed by atoms with Gasteiger partial charge in [0.1, 0.15) is 0 Å². The van der Waals surface area contributed by atoms with Gasteiger partial charge in [-0.05, 0) is 37.5 Å². The molecule has 1 atom stereocenters. The first kappa shape index (κ1) is 19.4. The average molecular weight is 391 g/mol. The Hall–Kier alpha value is -2.41. The van der Waals surface area contributed by atoms with Gasteiger partial charge in [-0.25, -0.2) is 0 Å². The van der Waals surface area contributed by atoms with Gasteiger partial charge in [-0.1, -0.05) is 28.9 Å². The van der Waals surface area contributed by atoms with Crippen LogP contribution in [0.25, 0.3) is 0 Å². The molecule has 1 fully saturated rings. The van der Waals surface area contributed by atoms with Crippen LogP contribution in [0.15, 0.2) is 28.8 Å². The maximum atomic E-state index is 12.3. The summed E-state index contributed by atoms with van der Waals surface area (Å²) < 4.78 is 5.02. The Bertz CT molecular complexity index is 791. The second-order valence-corrected chi connectivity index (χ2v) is 7.16. The van der Waals surface area contributed by atoms with Crippen LogP contribution >= 0.6 is 11.6 Å². The molecule has 0 saturated carbocycles. The SMILES string of the molecule is Cc1noc(CCC(=O)N2CCC(C(=O)NCCc3ccc(Cl)cc3)C2)n1. The topological polar surface area (TPSA) is 88.3 Å². The molecular weight excluding hydrogens is 368 g/mol. The number of benzene rings is 1. The number of aryl methyl sites for hydroxylation is 2. The number of carbonyl (C=O) groups is 2. The number of hydrogen-bond acceptors (Lipinski definition) is 5. The summed E-state index contributed by atoms with van der Waals surface area (Å²) in [6.07, 6.45) is 2.18. The van der Waals surface area contributed by atoms with Crippen LogP contribution in [-0.2, 0) is 22.4 Å². The summed E-state index contributed by atoms with van der Waals surface area (Å²) in [7, 11) is 0. The Morgan fingerprint density at radius 1 is 1.30 bits per heavy atom. The third-order valence-electron chi connectivity index (χ3n) is 4.66. The molecule has 1 aromatic carbocycles. The van der Waals surface area contributed by atoms with Crippen molar-refractivity contribution in [1.82, 2.24) is 20.4 Å². The maximum Gasteiger partial charge on any atom is 0.227 e. The molecule has 7 nitrogen and oxygen atoms in total. The van der Waals surface area contributed by atoms with E-state index in [1.807, 2.05) is 24.3 Å². The van der Waals surface area contributed by atoms with Crippen molar-refractivity contribution in [2.45, 2.75) is 32.6 Å². The quantitative estimate of drug-likeness (QED) is 0.782. The summed E-state index contributed by atoms with van der Waals surface area (Å²) in [4.78, 5) is 30.5. The molecule has 2 amide bonds. The van der Waals surface area contributed by atoms with E-state index >= 15 is 0 Å². The fourth-order valence-corrected chi connectivity index (χ4v) is 3.27. The van der Waals surface area contributed by atoms with Crippen molar-refractivity contribution in [2.75, 3.05) is 19.6 Å². The normalized spacial score (nSPS) is 16.5. The van der Waals surface area contributed by atoms with Crippen molar-refractivity contribution in [3.63, 3.8) is 0 Å². The highest BCUT2D eigenvalue weighted by molar-refractivity contribution is 6.30. The van der Waals surface area contributed by atoms with Crippen molar-refractivity contribution >= 4 is 23.4 Å². The largest absolute Gasteiger partial charge is 0.355 e. The van der Waals surface area contributed by atoms with Gasteiger partial charge >= 0.3 is 0 Å². The molecule has 1 aliphatic rings. The third kappa shape index (κ3) is 5.53. The first-order valence-electron chi connectivity index (χ1n) is 9.10. The van der Waals surface area contributed by atoms with E-state index in [0.717, 1.165) is 12.0 Å². The Kier molecular flexibility index (Phi) is 6.45. The molecule has 0 radical (unpaired) electrons. The van der Waals surface area contributed by atoms with Gasteiger partial charge in [0.25, 0.3) is 0 Å². The molecule has 0 spiro atoms. The zero-order valence-electron chi connectivity index (χ0n) is 15.3. The lowest BCUT2D eigenvalue weighted by Crippen LogP contribution is -2.35. The van der Waals surface area contributed by atoms with E-state index in [-0.39, 0.29) is 17.7 Å². The smallest absolute Gasteiger partial charge is 0.227 e. The second-order valence-electron chi connectivity index (χ2n) is 6.73. The first-order chi connectivity index (χ1) is 13.0. The number of halogens is 1. The molecule has 144 valence electrons. The molecule has 1 aliphatic heterocycles. The van der Waals surface area contributed by atoms with E-state index in [1.54, 1.807) is 11.8 Å². The van der Waals surface area contributed by atoms with Gasteiger partial charge in [0, 0.05) is 37.5 Å². The van der Waals surface area contributed by atoms with Crippen LogP contribution in [-0.4, -0.2) is 46.5 Å². The minimum Gasteiger partial charge on any atom is -0.355 e. The van der Waals surface area contributed by atoms with Crippen LogP contribution in [0.4, 0.5) is 0 Å². The van der Waals surface area contributed by atoms with E-state index in [1.165, 1.54) is 0 Å². The Labute approximate surface area is 163 Å². The molecule has 1 aromatic heterocycles. The van der Waals surface area contributed by atoms with Crippen molar-refractivity contribution in [3.8, 4) is 0 Å². The van der Waals surface area contributed by atoms with E-state index in [2.05, 4.69) is 15.5 Å². The average Bonchev–Trinajstić information content (AvgIpc) is 3.30. The van der Waals surface area contributed by atoms with Crippen LogP contribution in [0.2, 0.25) is 5.02 Å². The van der Waals surface area contributed by atoms with Crippen LogP contribution in [0.1, 0.15) is 30.1 Å². The number of nitrogens with zero attached hydrogens (tertiary/aromatic N) is 3. The number of carbonyl (C=O) groups excluding carboxylic acids is 2. The van der Waals surface area contributed by atoms with Gasteiger partial charge in [-0.2, -0.15) is 4.98 Å². The van der Waals surface area contributed by atoms with Gasteiger partial charge in [0.05, 0.1) is 5.92 Å². The monoisotopic (exact) mass is 390 g/mol. The zero-order valence-corrected chi connectivity index (χ0v) is 16.0. The Morgan fingerprint density at radius 2 is 2.07 bits per heavy atom. The highest BCUT2D eigenvalue weighted by atomic mass is 35.5. The van der Waals surface area contributed by atoms with Crippen molar-refractivity contribution in [1.29, 1.82) is 0 Å². The van der Waals surface area contributed by atoms with Crippen molar-refractivity contribution in [2.24, 2.45) is 5.92 Å². The summed E-state index contributed by atoms with van der Waals surface area (Å²) in [6, 6.07) is 7.59. The van der Waals surface area contributed by atoms with E-state index < -0.39 is 0 Å². The molecule has 2 aromatic rings. The Morgan fingerprint density at radius 3 is 2.78 bits per heavy atom. The lowest BCUT2D eigenvalue weighted by Gasteiger charge is -2.16. The summed E-state index contributed by atoms with van der Waals surface area (Å²) in [5, 5.41) is 7.38. The van der Waals surface area contributed by atoms with Gasteiger partial charge in [0.2, 0.25) is 17.7 Å². The predicted octanol–water partition coefficient (Wildman–Crippen LogP) is 2.17. The molecule has 8 heteroatoms. The van der Waals surface area contributed by atoms with Crippen LogP contribution in [0.3, 0.4) is 0 Å². The molecule has 1 unspecified atom stereocenters. The fourth-order valence-electron chi connectivity index (χ4n) is 3.14. The number of aromatic nitrogens is 2. The van der Waals surface area contributed by atoms with Gasteiger partial charge in [-0.3, -0.25) is 9.59 Å². The first-order valence-corrected chi connectivity index (χ1v) is 9.48. The molecule has 3 rings (SSSR count). The van der Waals surface area contributed by atoms with E-state index in [4.69, 9.17) is 16.1 Å². The molecule has 1 saturated heterocycles. The second kappa shape index (κ2) is 8.99. The Balaban J connectivity index is 1.38. The van der Waals surface area contributed by atoms with E-state index in [9.17, 15) is 9.59 Å². The molecular formula is C19H23ClN4O3. The number of rotatable bonds is 7. The summed E-state index contributed by atoms with van der Waals surface area (Å²) >= 11 is 5.87. The van der Waals surface area contributed by atoms with Gasteiger partial charge < -0.3 is 14.7 Å². The van der Waals surface area contributed by atoms with Crippen molar-refractivity contribution in [3.05, 3.63) is 46.6 Å². The molecule has 0 aliphatic carbocycles. The predicted molar refractivity (Wildman–Crippen MR) is 100 cm³/mol. The molecule has 27 heavy (non-hydrogen) atoms. The van der Waals surface area contributed by atoms with Crippen LogP contribution in [0, 0.1) is 12.8 Å². The highest BCUT2D eigenvalue weighted by Crippen LogP contribution is 2.18. The minimum atomic E-state index is -0.148. The standard InChI is InChI=1S/C19H23ClN4O3/c1-13-22-17(27-23-13)6-7-18(25)24-11-9-15(12-24)19(26)21-10-8-14-2-4-16(20)5-3-14/h2-5,15H,6-12H2,1H3,(H,21,26). The number of hydrogen-bond donors (Lipinski definition) is 1. The van der Waals surface area contributed by atoms with Gasteiger partial charge in [-0.15, -0.1) is 0 Å². The third-order valence-corrected chi connectivity index (χ3v) is 4.91. The minimum absolute atomic E-state index is 0.00629. The van der Waals surface area contributed by atoms with Gasteiger partial charge in [0.15, 0.2) is 5.82 Å². The highest BCUT2D eigenvalue weighted by Gasteiger charge is 2.30. The summed E-state index contributed by atoms with van der Waals surface area (Å²) in [5.74, 6) is 0.907. The van der Waals surface area contributed by atoms with E-state index in [0.29, 0.717) is 55.6 Å². The summed E-state index contributed by atoms with van der Waals surface area (Å²) in [5.41, 5.74) is 1.12. The lowest BCUT2D eigenvalue weighted by molar-refractivity contribution is -0.130. The summed E-state index contributed by atoms with van der Waals surface area (Å²) in [6.45, 7) is 3.39. The number of nitrogens with one attached hydrogen (secondary N) is 1. The van der Waals surface area contributed by atoms with Crippen LogP contribution < -0.4 is 5.32 Å². The molecule has 1 N–H and O–H groups in total. The van der Waals surface area contributed by atoms with Crippen molar-refractivity contribution < 1.29 is 14.1 Å². The fraction of sp³-hybridized carbons (Fsp3) is 0.474. The molecule has 0 bridgehead atoms.